The van der Waals surface area contributed by atoms with Gasteiger partial charge in [0, 0.05) is 40.7 Å². The number of hydrogen-bond donors (Lipinski definition) is 1. The van der Waals surface area contributed by atoms with Gasteiger partial charge < -0.3 is 14.5 Å². The molecule has 0 radical (unpaired) electrons. The maximum absolute atomic E-state index is 5.47. The molecule has 5 rings (SSSR count). The van der Waals surface area contributed by atoms with Crippen LogP contribution in [-0.2, 0) is 6.54 Å². The van der Waals surface area contributed by atoms with Crippen molar-refractivity contribution in [2.45, 2.75) is 13.5 Å². The normalized spacial score (nSPS) is 11.1. The fourth-order valence-electron chi connectivity index (χ4n) is 4.03. The van der Waals surface area contributed by atoms with Gasteiger partial charge in [-0.1, -0.05) is 36.4 Å². The van der Waals surface area contributed by atoms with E-state index in [1.807, 2.05) is 60.4 Å². The van der Waals surface area contributed by atoms with Crippen molar-refractivity contribution in [2.24, 2.45) is 0 Å². The van der Waals surface area contributed by atoms with Crippen LogP contribution in [0.1, 0.15) is 11.3 Å². The Bertz CT molecular complexity index is 1390. The molecule has 160 valence electrons. The predicted octanol–water partition coefficient (Wildman–Crippen LogP) is 5.47. The summed E-state index contributed by atoms with van der Waals surface area (Å²) < 4.78 is 12.8. The van der Waals surface area contributed by atoms with Gasteiger partial charge in [-0.3, -0.25) is 4.68 Å². The van der Waals surface area contributed by atoms with Crippen LogP contribution in [0.4, 0.5) is 0 Å². The fourth-order valence-corrected chi connectivity index (χ4v) is 4.03. The molecule has 32 heavy (non-hydrogen) atoms. The zero-order valence-corrected chi connectivity index (χ0v) is 18.3. The highest BCUT2D eigenvalue weighted by Gasteiger charge is 2.15. The van der Waals surface area contributed by atoms with Crippen molar-refractivity contribution in [3.63, 3.8) is 0 Å². The smallest absolute Gasteiger partial charge is 0.161 e. The van der Waals surface area contributed by atoms with Crippen LogP contribution in [0.3, 0.4) is 0 Å². The monoisotopic (exact) mass is 424 g/mol. The van der Waals surface area contributed by atoms with E-state index in [0.717, 1.165) is 45.5 Å². The van der Waals surface area contributed by atoms with Crippen LogP contribution in [0, 0.1) is 6.92 Å². The van der Waals surface area contributed by atoms with Gasteiger partial charge in [0.2, 0.25) is 0 Å². The van der Waals surface area contributed by atoms with Crippen molar-refractivity contribution in [2.75, 3.05) is 14.2 Å². The second-order valence-electron chi connectivity index (χ2n) is 7.70. The first-order valence-corrected chi connectivity index (χ1v) is 10.4. The number of pyridine rings is 1. The van der Waals surface area contributed by atoms with Gasteiger partial charge in [-0.2, -0.15) is 5.10 Å². The Morgan fingerprint density at radius 2 is 1.72 bits per heavy atom. The summed E-state index contributed by atoms with van der Waals surface area (Å²) in [4.78, 5) is 7.95. The summed E-state index contributed by atoms with van der Waals surface area (Å²) in [5, 5.41) is 5.80. The van der Waals surface area contributed by atoms with Crippen LogP contribution in [0.5, 0.6) is 11.5 Å². The van der Waals surface area contributed by atoms with Crippen LogP contribution in [0.2, 0.25) is 0 Å². The lowest BCUT2D eigenvalue weighted by Crippen LogP contribution is -1.99. The van der Waals surface area contributed by atoms with E-state index in [2.05, 4.69) is 34.4 Å². The SMILES string of the molecule is COc1ccc(-c2cnc3[nH]cc(-c4cn(Cc5ccccc5)nc4C)c3c2)cc1OC. The van der Waals surface area contributed by atoms with Crippen LogP contribution in [-0.4, -0.2) is 34.0 Å². The molecule has 6 nitrogen and oxygen atoms in total. The number of ether oxygens (including phenoxy) is 2. The van der Waals surface area contributed by atoms with Gasteiger partial charge in [-0.25, -0.2) is 4.98 Å². The molecule has 0 spiro atoms. The zero-order chi connectivity index (χ0) is 22.1. The number of aromatic nitrogens is 4. The number of nitrogens with one attached hydrogen (secondary N) is 1. The molecule has 0 fully saturated rings. The number of fused-ring (bicyclic) bond motifs is 1. The van der Waals surface area contributed by atoms with Crippen molar-refractivity contribution >= 4 is 11.0 Å². The van der Waals surface area contributed by atoms with E-state index in [4.69, 9.17) is 14.6 Å². The molecule has 0 amide bonds. The first-order chi connectivity index (χ1) is 15.7. The highest BCUT2D eigenvalue weighted by molar-refractivity contribution is 5.96. The van der Waals surface area contributed by atoms with E-state index in [1.54, 1.807) is 14.2 Å². The van der Waals surface area contributed by atoms with E-state index in [1.165, 1.54) is 5.56 Å². The average molecular weight is 425 g/mol. The average Bonchev–Trinajstić information content (AvgIpc) is 3.41. The molecule has 0 saturated heterocycles. The van der Waals surface area contributed by atoms with Gasteiger partial charge in [-0.15, -0.1) is 0 Å². The highest BCUT2D eigenvalue weighted by Crippen LogP contribution is 2.35. The van der Waals surface area contributed by atoms with E-state index in [-0.39, 0.29) is 0 Å². The highest BCUT2D eigenvalue weighted by atomic mass is 16.5. The summed E-state index contributed by atoms with van der Waals surface area (Å²) in [7, 11) is 3.28. The second kappa shape index (κ2) is 8.23. The number of hydrogen-bond acceptors (Lipinski definition) is 4. The molecular formula is C26H24N4O2. The summed E-state index contributed by atoms with van der Waals surface area (Å²) in [6.07, 6.45) is 5.98. The Balaban J connectivity index is 1.54. The van der Waals surface area contributed by atoms with Crippen molar-refractivity contribution < 1.29 is 9.47 Å². The summed E-state index contributed by atoms with van der Waals surface area (Å²) in [6, 6.07) is 18.4. The largest absolute Gasteiger partial charge is 0.493 e. The Labute approximate surface area is 186 Å². The molecule has 0 atom stereocenters. The van der Waals surface area contributed by atoms with E-state index in [0.29, 0.717) is 11.5 Å². The molecule has 0 unspecified atom stereocenters. The molecule has 1 N–H and O–H groups in total. The van der Waals surface area contributed by atoms with Crippen LogP contribution in [0.25, 0.3) is 33.3 Å². The van der Waals surface area contributed by atoms with Crippen molar-refractivity contribution in [1.29, 1.82) is 0 Å². The molecule has 2 aromatic carbocycles. The number of aryl methyl sites for hydroxylation is 1. The van der Waals surface area contributed by atoms with Crippen molar-refractivity contribution in [1.82, 2.24) is 19.7 Å². The Morgan fingerprint density at radius 3 is 2.50 bits per heavy atom. The third-order valence-electron chi connectivity index (χ3n) is 5.67. The van der Waals surface area contributed by atoms with Gasteiger partial charge >= 0.3 is 0 Å². The minimum Gasteiger partial charge on any atom is -0.493 e. The lowest BCUT2D eigenvalue weighted by molar-refractivity contribution is 0.355. The molecule has 6 heteroatoms. The van der Waals surface area contributed by atoms with Crippen molar-refractivity contribution in [3.05, 3.63) is 84.4 Å². The maximum Gasteiger partial charge on any atom is 0.161 e. The summed E-state index contributed by atoms with van der Waals surface area (Å²) in [6.45, 7) is 2.78. The van der Waals surface area contributed by atoms with Crippen LogP contribution >= 0.6 is 0 Å². The molecular weight excluding hydrogens is 400 g/mol. The molecule has 0 aliphatic rings. The number of H-pyrrole nitrogens is 1. The number of nitrogens with zero attached hydrogens (tertiary/aromatic N) is 3. The quantitative estimate of drug-likeness (QED) is 0.393. The van der Waals surface area contributed by atoms with E-state index in [9.17, 15) is 0 Å². The number of aromatic amines is 1. The molecule has 0 aliphatic heterocycles. The van der Waals surface area contributed by atoms with Crippen LogP contribution in [0.15, 0.2) is 73.2 Å². The summed E-state index contributed by atoms with van der Waals surface area (Å²) >= 11 is 0. The molecule has 0 aliphatic carbocycles. The molecule has 0 saturated carbocycles. The number of rotatable bonds is 6. The first-order valence-electron chi connectivity index (χ1n) is 10.4. The topological polar surface area (TPSA) is 65.0 Å². The van der Waals surface area contributed by atoms with Crippen molar-refractivity contribution in [3.8, 4) is 33.8 Å². The van der Waals surface area contributed by atoms with Crippen LogP contribution < -0.4 is 9.47 Å². The van der Waals surface area contributed by atoms with E-state index >= 15 is 0 Å². The Morgan fingerprint density at radius 1 is 0.906 bits per heavy atom. The predicted molar refractivity (Wildman–Crippen MR) is 126 cm³/mol. The van der Waals surface area contributed by atoms with Gasteiger partial charge in [0.1, 0.15) is 5.65 Å². The lowest BCUT2D eigenvalue weighted by Gasteiger charge is -2.10. The Hall–Kier alpha value is -4.06. The summed E-state index contributed by atoms with van der Waals surface area (Å²) in [5.74, 6) is 1.39. The molecule has 3 heterocycles. The molecule has 5 aromatic rings. The number of benzene rings is 2. The van der Waals surface area contributed by atoms with Gasteiger partial charge in [0.25, 0.3) is 0 Å². The minimum absolute atomic E-state index is 0.692. The van der Waals surface area contributed by atoms with Gasteiger partial charge in [0.15, 0.2) is 11.5 Å². The fraction of sp³-hybridized carbons (Fsp3) is 0.154. The van der Waals surface area contributed by atoms with Gasteiger partial charge in [-0.05, 0) is 36.2 Å². The number of methoxy groups -OCH3 is 2. The lowest BCUT2D eigenvalue weighted by atomic mass is 10.0. The third-order valence-corrected chi connectivity index (χ3v) is 5.67. The van der Waals surface area contributed by atoms with E-state index < -0.39 is 0 Å². The van der Waals surface area contributed by atoms with Gasteiger partial charge in [0.05, 0.1) is 26.5 Å². The second-order valence-corrected chi connectivity index (χ2v) is 7.70. The third kappa shape index (κ3) is 3.60. The standard InChI is InChI=1S/C26H24N4O2/c1-17-23(16-30(29-17)15-18-7-5-4-6-8-18)22-14-28-26-21(22)11-20(13-27-26)19-9-10-24(31-2)25(12-19)32-3/h4-14,16H,15H2,1-3H3,(H,27,28). The molecule has 0 bridgehead atoms. The maximum atomic E-state index is 5.47. The summed E-state index contributed by atoms with van der Waals surface area (Å²) in [5.41, 5.74) is 7.26. The minimum atomic E-state index is 0.692. The Kier molecular flexibility index (Phi) is 5.11. The first kappa shape index (κ1) is 19.9. The zero-order valence-electron chi connectivity index (χ0n) is 18.3. The molecule has 3 aromatic heterocycles.